The summed E-state index contributed by atoms with van der Waals surface area (Å²) in [7, 11) is -3.61. The molecule has 1 amide bonds. The van der Waals surface area contributed by atoms with Crippen LogP contribution in [0.4, 0.5) is 5.69 Å². The number of sulfonamides is 1. The van der Waals surface area contributed by atoms with Crippen LogP contribution in [0, 0.1) is 0 Å². The summed E-state index contributed by atoms with van der Waals surface area (Å²) in [6.07, 6.45) is 1.64. The van der Waals surface area contributed by atoms with Gasteiger partial charge in [0.25, 0.3) is 5.91 Å². The van der Waals surface area contributed by atoms with E-state index in [1.165, 1.54) is 0 Å². The van der Waals surface area contributed by atoms with Crippen molar-refractivity contribution in [3.8, 4) is 0 Å². The van der Waals surface area contributed by atoms with Crippen molar-refractivity contribution < 1.29 is 13.2 Å². The van der Waals surface area contributed by atoms with E-state index in [4.69, 9.17) is 0 Å². The first-order valence-electron chi connectivity index (χ1n) is 10.5. The van der Waals surface area contributed by atoms with Crippen LogP contribution in [-0.2, 0) is 29.4 Å². The minimum Gasteiger partial charge on any atom is -0.305 e. The third-order valence-corrected chi connectivity index (χ3v) is 7.13. The zero-order valence-corrected chi connectivity index (χ0v) is 18.5. The predicted molar refractivity (Wildman–Crippen MR) is 123 cm³/mol. The van der Waals surface area contributed by atoms with Gasteiger partial charge in [-0.05, 0) is 66.8 Å². The third kappa shape index (κ3) is 4.40. The van der Waals surface area contributed by atoms with Gasteiger partial charge >= 0.3 is 0 Å². The summed E-state index contributed by atoms with van der Waals surface area (Å²) in [6.45, 7) is 4.22. The van der Waals surface area contributed by atoms with Crippen molar-refractivity contribution in [2.75, 3.05) is 4.90 Å². The standard InChI is InChI=1S/C25H26N2O3S/c1-3-19-10-13-23(14-11-19)31(29,30)26-17-20-9-12-22-15-18(2)27(24(22)16-20)25(28)21-7-5-4-6-8-21/h4-14,16,18,26H,3,15,17H2,1-2H3/t18-/m1/s1. The zero-order valence-electron chi connectivity index (χ0n) is 17.7. The lowest BCUT2D eigenvalue weighted by atomic mass is 10.1. The first kappa shape index (κ1) is 21.3. The number of nitrogens with zero attached hydrogens (tertiary/aromatic N) is 1. The Morgan fingerprint density at radius 2 is 1.68 bits per heavy atom. The lowest BCUT2D eigenvalue weighted by Crippen LogP contribution is -2.35. The molecule has 5 nitrogen and oxygen atoms in total. The maximum absolute atomic E-state index is 13.1. The fraction of sp³-hybridized carbons (Fsp3) is 0.240. The van der Waals surface area contributed by atoms with E-state index < -0.39 is 10.0 Å². The van der Waals surface area contributed by atoms with E-state index in [-0.39, 0.29) is 23.4 Å². The molecule has 0 spiro atoms. The molecule has 0 fully saturated rings. The van der Waals surface area contributed by atoms with Crippen molar-refractivity contribution >= 4 is 21.6 Å². The Bertz CT molecular complexity index is 1190. The lowest BCUT2D eigenvalue weighted by molar-refractivity contribution is 0.0981. The molecule has 0 radical (unpaired) electrons. The maximum atomic E-state index is 13.1. The molecular formula is C25H26N2O3S. The highest BCUT2D eigenvalue weighted by Crippen LogP contribution is 2.34. The molecule has 4 rings (SSSR count). The highest BCUT2D eigenvalue weighted by atomic mass is 32.2. The number of benzene rings is 3. The molecule has 3 aromatic rings. The number of fused-ring (bicyclic) bond motifs is 1. The van der Waals surface area contributed by atoms with E-state index in [1.54, 1.807) is 12.1 Å². The van der Waals surface area contributed by atoms with Gasteiger partial charge < -0.3 is 4.90 Å². The second-order valence-electron chi connectivity index (χ2n) is 7.88. The molecule has 0 aromatic heterocycles. The van der Waals surface area contributed by atoms with Gasteiger partial charge in [-0.1, -0.05) is 49.4 Å². The molecular weight excluding hydrogens is 408 g/mol. The van der Waals surface area contributed by atoms with E-state index in [0.717, 1.165) is 35.2 Å². The Morgan fingerprint density at radius 1 is 1.00 bits per heavy atom. The van der Waals surface area contributed by atoms with Crippen LogP contribution in [0.15, 0.2) is 77.7 Å². The largest absolute Gasteiger partial charge is 0.305 e. The van der Waals surface area contributed by atoms with Crippen molar-refractivity contribution in [1.29, 1.82) is 0 Å². The van der Waals surface area contributed by atoms with Crippen molar-refractivity contribution in [2.24, 2.45) is 0 Å². The number of anilines is 1. The topological polar surface area (TPSA) is 66.5 Å². The van der Waals surface area contributed by atoms with Gasteiger partial charge in [0.1, 0.15) is 0 Å². The fourth-order valence-corrected chi connectivity index (χ4v) is 4.98. The molecule has 1 heterocycles. The summed E-state index contributed by atoms with van der Waals surface area (Å²) in [4.78, 5) is 15.2. The van der Waals surface area contributed by atoms with Crippen molar-refractivity contribution in [2.45, 2.75) is 44.2 Å². The van der Waals surface area contributed by atoms with E-state index >= 15 is 0 Å². The smallest absolute Gasteiger partial charge is 0.258 e. The number of carbonyl (C=O) groups is 1. The summed E-state index contributed by atoms with van der Waals surface area (Å²) < 4.78 is 28.0. The zero-order chi connectivity index (χ0) is 22.0. The van der Waals surface area contributed by atoms with Gasteiger partial charge in [0.2, 0.25) is 10.0 Å². The molecule has 3 aromatic carbocycles. The lowest BCUT2D eigenvalue weighted by Gasteiger charge is -2.23. The Labute approximate surface area is 183 Å². The molecule has 31 heavy (non-hydrogen) atoms. The van der Waals surface area contributed by atoms with Crippen LogP contribution in [-0.4, -0.2) is 20.4 Å². The summed E-state index contributed by atoms with van der Waals surface area (Å²) in [5.74, 6) is -0.0411. The Morgan fingerprint density at radius 3 is 2.35 bits per heavy atom. The number of hydrogen-bond donors (Lipinski definition) is 1. The minimum absolute atomic E-state index is 0.0411. The monoisotopic (exact) mass is 434 g/mol. The van der Waals surface area contributed by atoms with Crippen molar-refractivity contribution in [3.63, 3.8) is 0 Å². The van der Waals surface area contributed by atoms with Gasteiger partial charge in [0.15, 0.2) is 0 Å². The van der Waals surface area contributed by atoms with E-state index in [2.05, 4.69) is 4.72 Å². The number of hydrogen-bond acceptors (Lipinski definition) is 3. The van der Waals surface area contributed by atoms with Crippen molar-refractivity contribution in [1.82, 2.24) is 4.72 Å². The molecule has 0 saturated carbocycles. The molecule has 6 heteroatoms. The van der Waals surface area contributed by atoms with E-state index in [9.17, 15) is 13.2 Å². The second kappa shape index (κ2) is 8.65. The van der Waals surface area contributed by atoms with Crippen LogP contribution in [0.2, 0.25) is 0 Å². The number of nitrogens with one attached hydrogen (secondary N) is 1. The Balaban J connectivity index is 1.54. The SMILES string of the molecule is CCc1ccc(S(=O)(=O)NCc2ccc3c(c2)N(C(=O)c2ccccc2)[C@H](C)C3)cc1. The average molecular weight is 435 g/mol. The Hall–Kier alpha value is -2.96. The number of amides is 1. The maximum Gasteiger partial charge on any atom is 0.258 e. The summed E-state index contributed by atoms with van der Waals surface area (Å²) in [5, 5.41) is 0. The first-order chi connectivity index (χ1) is 14.9. The van der Waals surface area contributed by atoms with Gasteiger partial charge in [0.05, 0.1) is 4.90 Å². The van der Waals surface area contributed by atoms with Gasteiger partial charge in [0, 0.05) is 23.8 Å². The summed E-state index contributed by atoms with van der Waals surface area (Å²) in [5.41, 5.74) is 4.50. The number of aryl methyl sites for hydroxylation is 1. The van der Waals surface area contributed by atoms with Gasteiger partial charge in [-0.2, -0.15) is 0 Å². The van der Waals surface area contributed by atoms with Gasteiger partial charge in [-0.3, -0.25) is 4.79 Å². The Kier molecular flexibility index (Phi) is 5.94. The van der Waals surface area contributed by atoms with E-state index in [1.807, 2.05) is 79.4 Å². The van der Waals surface area contributed by atoms with Crippen LogP contribution < -0.4 is 9.62 Å². The highest BCUT2D eigenvalue weighted by Gasteiger charge is 2.31. The molecule has 160 valence electrons. The fourth-order valence-electron chi connectivity index (χ4n) is 3.96. The number of rotatable bonds is 6. The van der Waals surface area contributed by atoms with Crippen LogP contribution >= 0.6 is 0 Å². The molecule has 1 aliphatic rings. The van der Waals surface area contributed by atoms with Crippen LogP contribution in [0.3, 0.4) is 0 Å². The first-order valence-corrected chi connectivity index (χ1v) is 12.0. The molecule has 0 unspecified atom stereocenters. The number of carbonyl (C=O) groups excluding carboxylic acids is 1. The molecule has 1 N–H and O–H groups in total. The molecule has 1 atom stereocenters. The van der Waals surface area contributed by atoms with Gasteiger partial charge in [-0.15, -0.1) is 0 Å². The normalized spacial score (nSPS) is 15.7. The molecule has 0 aliphatic carbocycles. The van der Waals surface area contributed by atoms with Crippen LogP contribution in [0.25, 0.3) is 0 Å². The molecule has 0 saturated heterocycles. The van der Waals surface area contributed by atoms with Crippen LogP contribution in [0.1, 0.15) is 40.9 Å². The second-order valence-corrected chi connectivity index (χ2v) is 9.65. The van der Waals surface area contributed by atoms with Crippen molar-refractivity contribution in [3.05, 3.63) is 95.1 Å². The average Bonchev–Trinajstić information content (AvgIpc) is 3.12. The van der Waals surface area contributed by atoms with Crippen LogP contribution in [0.5, 0.6) is 0 Å². The van der Waals surface area contributed by atoms with E-state index in [0.29, 0.717) is 5.56 Å². The quantitative estimate of drug-likeness (QED) is 0.628. The minimum atomic E-state index is -3.61. The predicted octanol–water partition coefficient (Wildman–Crippen LogP) is 4.32. The highest BCUT2D eigenvalue weighted by molar-refractivity contribution is 7.89. The summed E-state index contributed by atoms with van der Waals surface area (Å²) in [6, 6.07) is 22.0. The van der Waals surface area contributed by atoms with Gasteiger partial charge in [-0.25, -0.2) is 13.1 Å². The summed E-state index contributed by atoms with van der Waals surface area (Å²) >= 11 is 0. The molecule has 1 aliphatic heterocycles. The third-order valence-electron chi connectivity index (χ3n) is 5.71. The molecule has 0 bridgehead atoms.